The molecule has 1 saturated heterocycles. The second-order valence-electron chi connectivity index (χ2n) is 8.46. The van der Waals surface area contributed by atoms with Gasteiger partial charge in [0.25, 0.3) is 0 Å². The van der Waals surface area contributed by atoms with E-state index in [0.29, 0.717) is 29.7 Å². The Morgan fingerprint density at radius 2 is 1.35 bits per heavy atom. The molecule has 1 fully saturated rings. The van der Waals surface area contributed by atoms with E-state index in [9.17, 15) is 9.59 Å². The smallest absolute Gasteiger partial charge is 0.238 e. The summed E-state index contributed by atoms with van der Waals surface area (Å²) in [6.07, 6.45) is 0.273. The second-order valence-corrected chi connectivity index (χ2v) is 9.22. The molecule has 1 aliphatic heterocycles. The topological polar surface area (TPSA) is 67.9 Å². The molecule has 0 aliphatic carbocycles. The van der Waals surface area contributed by atoms with Crippen molar-refractivity contribution in [1.29, 1.82) is 0 Å². The number of hydrogen-bond acceptors (Lipinski definition) is 5. The molecule has 2 N–H and O–H groups in total. The Morgan fingerprint density at radius 3 is 1.88 bits per heavy atom. The molecule has 0 bridgehead atoms. The van der Waals surface area contributed by atoms with Crippen molar-refractivity contribution in [1.82, 2.24) is 9.80 Å². The average Bonchev–Trinajstić information content (AvgIpc) is 2.82. The third kappa shape index (κ3) is 8.47. The van der Waals surface area contributed by atoms with E-state index in [1.165, 1.54) is 0 Å². The third-order valence-corrected chi connectivity index (χ3v) is 6.13. The number of amides is 2. The van der Waals surface area contributed by atoms with Crippen molar-refractivity contribution < 1.29 is 9.59 Å². The molecule has 7 nitrogen and oxygen atoms in total. The zero-order chi connectivity index (χ0) is 24.3. The molecule has 0 aromatic heterocycles. The minimum absolute atomic E-state index is 0.0274. The van der Waals surface area contributed by atoms with Gasteiger partial charge in [0, 0.05) is 68.1 Å². The van der Waals surface area contributed by atoms with Gasteiger partial charge in [0.2, 0.25) is 11.8 Å². The number of likely N-dealkylation sites (N-methyl/N-ethyl adjacent to an activating group) is 1. The van der Waals surface area contributed by atoms with E-state index in [0.717, 1.165) is 50.5 Å². The predicted molar refractivity (Wildman–Crippen MR) is 141 cm³/mol. The molecule has 34 heavy (non-hydrogen) atoms. The number of hydrogen-bond donors (Lipinski definition) is 2. The van der Waals surface area contributed by atoms with Crippen LogP contribution in [-0.4, -0.2) is 86.2 Å². The Hall–Kier alpha value is -2.32. The lowest BCUT2D eigenvalue weighted by Gasteiger charge is -2.31. The molecular formula is C25H33Cl2N5O2. The lowest BCUT2D eigenvalue weighted by molar-refractivity contribution is -0.118. The zero-order valence-corrected chi connectivity index (χ0v) is 21.1. The zero-order valence-electron chi connectivity index (χ0n) is 19.6. The monoisotopic (exact) mass is 505 g/mol. The van der Waals surface area contributed by atoms with Gasteiger partial charge in [0.15, 0.2) is 0 Å². The van der Waals surface area contributed by atoms with Gasteiger partial charge in [0.1, 0.15) is 0 Å². The summed E-state index contributed by atoms with van der Waals surface area (Å²) in [7, 11) is 2.09. The molecular weight excluding hydrogens is 473 g/mol. The molecule has 184 valence electrons. The number of carbonyl (C=O) groups is 2. The van der Waals surface area contributed by atoms with Crippen LogP contribution in [0.2, 0.25) is 0 Å². The van der Waals surface area contributed by atoms with Gasteiger partial charge in [-0.2, -0.15) is 0 Å². The molecule has 1 heterocycles. The van der Waals surface area contributed by atoms with Crippen LogP contribution < -0.4 is 15.5 Å². The molecule has 0 spiro atoms. The number of alkyl halides is 2. The van der Waals surface area contributed by atoms with E-state index in [1.807, 2.05) is 24.3 Å². The van der Waals surface area contributed by atoms with Gasteiger partial charge in [-0.25, -0.2) is 0 Å². The Morgan fingerprint density at radius 1 is 0.824 bits per heavy atom. The quantitative estimate of drug-likeness (QED) is 0.458. The van der Waals surface area contributed by atoms with Gasteiger partial charge in [-0.1, -0.05) is 12.1 Å². The first-order valence-electron chi connectivity index (χ1n) is 11.5. The summed E-state index contributed by atoms with van der Waals surface area (Å²) < 4.78 is 0. The average molecular weight is 506 g/mol. The van der Waals surface area contributed by atoms with Gasteiger partial charge in [-0.05, 0) is 49.0 Å². The lowest BCUT2D eigenvalue weighted by atomic mass is 10.1. The number of carbonyl (C=O) groups excluding carboxylic acids is 2. The first kappa shape index (κ1) is 26.3. The first-order valence-corrected chi connectivity index (χ1v) is 12.6. The van der Waals surface area contributed by atoms with Crippen LogP contribution in [0.1, 0.15) is 5.56 Å². The Kier molecular flexibility index (Phi) is 10.5. The maximum atomic E-state index is 12.5. The van der Waals surface area contributed by atoms with Crippen LogP contribution >= 0.6 is 23.2 Å². The summed E-state index contributed by atoms with van der Waals surface area (Å²) in [4.78, 5) is 31.3. The van der Waals surface area contributed by atoms with E-state index < -0.39 is 0 Å². The highest BCUT2D eigenvalue weighted by Crippen LogP contribution is 2.17. The summed E-state index contributed by atoms with van der Waals surface area (Å²) >= 11 is 11.8. The van der Waals surface area contributed by atoms with E-state index in [2.05, 4.69) is 32.4 Å². The van der Waals surface area contributed by atoms with E-state index in [4.69, 9.17) is 23.2 Å². The van der Waals surface area contributed by atoms with Crippen LogP contribution in [0.15, 0.2) is 48.5 Å². The summed E-state index contributed by atoms with van der Waals surface area (Å²) in [6.45, 7) is 5.59. The van der Waals surface area contributed by atoms with Crippen molar-refractivity contribution in [2.24, 2.45) is 0 Å². The number of anilines is 3. The predicted octanol–water partition coefficient (Wildman–Crippen LogP) is 3.34. The molecule has 1 aliphatic rings. The van der Waals surface area contributed by atoms with Gasteiger partial charge >= 0.3 is 0 Å². The van der Waals surface area contributed by atoms with E-state index >= 15 is 0 Å². The molecule has 0 saturated carbocycles. The molecule has 0 radical (unpaired) electrons. The van der Waals surface area contributed by atoms with Gasteiger partial charge in [0.05, 0.1) is 13.0 Å². The Balaban J connectivity index is 1.45. The van der Waals surface area contributed by atoms with Crippen LogP contribution in [-0.2, 0) is 16.0 Å². The molecule has 2 aromatic carbocycles. The fraction of sp³-hybridized carbons (Fsp3) is 0.440. The number of nitrogens with zero attached hydrogens (tertiary/aromatic N) is 3. The van der Waals surface area contributed by atoms with Crippen molar-refractivity contribution in [3.63, 3.8) is 0 Å². The number of halogens is 2. The summed E-state index contributed by atoms with van der Waals surface area (Å²) in [6, 6.07) is 15.1. The van der Waals surface area contributed by atoms with Crippen molar-refractivity contribution in [2.75, 3.05) is 80.2 Å². The number of rotatable bonds is 11. The number of benzene rings is 2. The maximum Gasteiger partial charge on any atom is 0.238 e. The highest BCUT2D eigenvalue weighted by atomic mass is 35.5. The van der Waals surface area contributed by atoms with E-state index in [1.54, 1.807) is 24.3 Å². The van der Waals surface area contributed by atoms with Crippen LogP contribution in [0.5, 0.6) is 0 Å². The highest BCUT2D eigenvalue weighted by Gasteiger charge is 2.16. The maximum absolute atomic E-state index is 12.5. The standard InChI is InChI=1S/C25H33Cl2N5O2/c1-30-14-16-31(17-15-30)19-25(34)29-22-6-4-21(5-7-22)28-24(33)18-20-2-8-23(9-3-20)32(12-10-26)13-11-27/h2-9H,10-19H2,1H3,(H,28,33)(H,29,34). The molecule has 2 amide bonds. The van der Waals surface area contributed by atoms with Crippen molar-refractivity contribution >= 4 is 52.1 Å². The van der Waals surface area contributed by atoms with Crippen LogP contribution in [0, 0.1) is 0 Å². The fourth-order valence-electron chi connectivity index (χ4n) is 3.84. The first-order chi connectivity index (χ1) is 16.5. The van der Waals surface area contributed by atoms with Gasteiger partial charge in [-0.15, -0.1) is 23.2 Å². The Labute approximate surface area is 212 Å². The van der Waals surface area contributed by atoms with Crippen molar-refractivity contribution in [3.8, 4) is 0 Å². The minimum Gasteiger partial charge on any atom is -0.369 e. The highest BCUT2D eigenvalue weighted by molar-refractivity contribution is 6.18. The van der Waals surface area contributed by atoms with Crippen LogP contribution in [0.4, 0.5) is 17.1 Å². The van der Waals surface area contributed by atoms with E-state index in [-0.39, 0.29) is 18.2 Å². The van der Waals surface area contributed by atoms with Crippen molar-refractivity contribution in [2.45, 2.75) is 6.42 Å². The molecule has 2 aromatic rings. The summed E-state index contributed by atoms with van der Waals surface area (Å²) in [5, 5.41) is 5.83. The second kappa shape index (κ2) is 13.5. The molecule has 9 heteroatoms. The summed E-state index contributed by atoms with van der Waals surface area (Å²) in [5.74, 6) is 0.929. The van der Waals surface area contributed by atoms with Crippen molar-refractivity contribution in [3.05, 3.63) is 54.1 Å². The van der Waals surface area contributed by atoms with Gasteiger partial charge < -0.3 is 20.4 Å². The molecule has 0 unspecified atom stereocenters. The Bertz CT molecular complexity index is 910. The van der Waals surface area contributed by atoms with Crippen LogP contribution in [0.3, 0.4) is 0 Å². The fourth-order valence-corrected chi connectivity index (χ4v) is 4.24. The summed E-state index contributed by atoms with van der Waals surface area (Å²) in [5.41, 5.74) is 3.36. The molecule has 3 rings (SSSR count). The number of piperazine rings is 1. The third-order valence-electron chi connectivity index (χ3n) is 5.79. The minimum atomic E-state index is -0.0991. The largest absolute Gasteiger partial charge is 0.369 e. The van der Waals surface area contributed by atoms with Crippen LogP contribution in [0.25, 0.3) is 0 Å². The van der Waals surface area contributed by atoms with Gasteiger partial charge in [-0.3, -0.25) is 14.5 Å². The lowest BCUT2D eigenvalue weighted by Crippen LogP contribution is -2.47. The normalized spacial score (nSPS) is 14.6. The molecule has 0 atom stereocenters. The SMILES string of the molecule is CN1CCN(CC(=O)Nc2ccc(NC(=O)Cc3ccc(N(CCCl)CCCl)cc3)cc2)CC1. The number of nitrogens with one attached hydrogen (secondary N) is 2.